The second-order valence-electron chi connectivity index (χ2n) is 6.55. The van der Waals surface area contributed by atoms with Gasteiger partial charge in [0.15, 0.2) is 9.84 Å². The summed E-state index contributed by atoms with van der Waals surface area (Å²) < 4.78 is 24.6. The summed E-state index contributed by atoms with van der Waals surface area (Å²) in [6.45, 7) is -0.158. The first-order chi connectivity index (χ1) is 12.9. The molecule has 0 aromatic carbocycles. The lowest BCUT2D eigenvalue weighted by Crippen LogP contribution is -2.41. The lowest BCUT2D eigenvalue weighted by atomic mass is 10.2. The van der Waals surface area contributed by atoms with Crippen LogP contribution < -0.4 is 5.56 Å². The van der Waals surface area contributed by atoms with Crippen molar-refractivity contribution in [3.63, 3.8) is 0 Å². The van der Waals surface area contributed by atoms with Crippen LogP contribution in [-0.2, 0) is 21.2 Å². The van der Waals surface area contributed by atoms with E-state index in [0.717, 1.165) is 10.4 Å². The molecule has 1 amide bonds. The zero-order valence-corrected chi connectivity index (χ0v) is 16.9. The van der Waals surface area contributed by atoms with Crippen molar-refractivity contribution in [2.75, 3.05) is 18.6 Å². The second kappa shape index (κ2) is 6.84. The van der Waals surface area contributed by atoms with Crippen molar-refractivity contribution in [2.45, 2.75) is 19.0 Å². The maximum Gasteiger partial charge on any atom is 0.263 e. The van der Waals surface area contributed by atoms with Crippen molar-refractivity contribution < 1.29 is 13.2 Å². The maximum absolute atomic E-state index is 13.0. The Labute approximate surface area is 163 Å². The third-order valence-corrected chi connectivity index (χ3v) is 8.34. The number of rotatable bonds is 4. The van der Waals surface area contributed by atoms with Gasteiger partial charge in [0.05, 0.1) is 23.2 Å². The molecule has 0 radical (unpaired) electrons. The molecule has 0 bridgehead atoms. The van der Waals surface area contributed by atoms with Gasteiger partial charge in [-0.2, -0.15) is 0 Å². The maximum atomic E-state index is 13.0. The minimum Gasteiger partial charge on any atom is -0.340 e. The number of carbonyl (C=O) groups is 1. The first-order valence-corrected chi connectivity index (χ1v) is 11.9. The van der Waals surface area contributed by atoms with Crippen LogP contribution in [0.4, 0.5) is 0 Å². The van der Waals surface area contributed by atoms with E-state index in [9.17, 15) is 18.0 Å². The van der Waals surface area contributed by atoms with Gasteiger partial charge < -0.3 is 4.90 Å². The van der Waals surface area contributed by atoms with Crippen molar-refractivity contribution in [3.8, 4) is 10.4 Å². The molecule has 1 atom stereocenters. The molecule has 7 nitrogen and oxygen atoms in total. The van der Waals surface area contributed by atoms with Gasteiger partial charge in [0.25, 0.3) is 5.56 Å². The molecule has 4 heterocycles. The fraction of sp³-hybridized carbons (Fsp3) is 0.353. The summed E-state index contributed by atoms with van der Waals surface area (Å²) >= 11 is 2.94. The minimum atomic E-state index is -3.08. The fourth-order valence-electron chi connectivity index (χ4n) is 3.24. The van der Waals surface area contributed by atoms with Gasteiger partial charge in [-0.3, -0.25) is 14.2 Å². The lowest BCUT2D eigenvalue weighted by molar-refractivity contribution is -0.132. The quantitative estimate of drug-likeness (QED) is 0.639. The van der Waals surface area contributed by atoms with E-state index in [0.29, 0.717) is 16.6 Å². The molecule has 1 aliphatic rings. The molecular weight excluding hydrogens is 406 g/mol. The zero-order chi connectivity index (χ0) is 19.2. The molecule has 3 aromatic rings. The van der Waals surface area contributed by atoms with E-state index in [1.807, 2.05) is 22.9 Å². The second-order valence-corrected chi connectivity index (χ2v) is 10.6. The normalized spacial score (nSPS) is 18.8. The summed E-state index contributed by atoms with van der Waals surface area (Å²) in [5.74, 6) is -0.218. The Morgan fingerprint density at radius 2 is 2.22 bits per heavy atom. The smallest absolute Gasteiger partial charge is 0.263 e. The van der Waals surface area contributed by atoms with E-state index in [4.69, 9.17) is 0 Å². The van der Waals surface area contributed by atoms with Crippen molar-refractivity contribution in [1.82, 2.24) is 14.5 Å². The third-order valence-electron chi connectivity index (χ3n) is 4.80. The molecule has 1 fully saturated rings. The zero-order valence-electron chi connectivity index (χ0n) is 14.5. The molecule has 4 rings (SSSR count). The third kappa shape index (κ3) is 3.44. The van der Waals surface area contributed by atoms with E-state index >= 15 is 0 Å². The summed E-state index contributed by atoms with van der Waals surface area (Å²) in [5.41, 5.74) is 0.574. The molecule has 0 saturated carbocycles. The van der Waals surface area contributed by atoms with E-state index < -0.39 is 9.84 Å². The van der Waals surface area contributed by atoms with Gasteiger partial charge in [-0.1, -0.05) is 6.07 Å². The van der Waals surface area contributed by atoms with Crippen LogP contribution in [0.1, 0.15) is 6.42 Å². The van der Waals surface area contributed by atoms with Crippen LogP contribution in [0.5, 0.6) is 0 Å². The molecule has 1 unspecified atom stereocenters. The molecule has 142 valence electrons. The molecular formula is C17H17N3O4S3. The Bertz CT molecular complexity index is 1160. The van der Waals surface area contributed by atoms with Crippen LogP contribution in [0.25, 0.3) is 20.7 Å². The van der Waals surface area contributed by atoms with Crippen molar-refractivity contribution in [3.05, 3.63) is 39.6 Å². The van der Waals surface area contributed by atoms with Gasteiger partial charge in [0.2, 0.25) is 5.91 Å². The molecule has 27 heavy (non-hydrogen) atoms. The summed E-state index contributed by atoms with van der Waals surface area (Å²) in [5, 5.41) is 4.37. The summed E-state index contributed by atoms with van der Waals surface area (Å²) in [6.07, 6.45) is 1.82. The number of thiophene rings is 2. The van der Waals surface area contributed by atoms with Crippen molar-refractivity contribution in [2.24, 2.45) is 0 Å². The highest BCUT2D eigenvalue weighted by Gasteiger charge is 2.32. The first kappa shape index (κ1) is 18.3. The summed E-state index contributed by atoms with van der Waals surface area (Å²) in [6, 6.07) is 3.53. The van der Waals surface area contributed by atoms with Gasteiger partial charge in [0.1, 0.15) is 11.4 Å². The number of nitrogens with zero attached hydrogens (tertiary/aromatic N) is 3. The van der Waals surface area contributed by atoms with E-state index in [-0.39, 0.29) is 35.6 Å². The van der Waals surface area contributed by atoms with Gasteiger partial charge in [-0.15, -0.1) is 22.7 Å². The highest BCUT2D eigenvalue weighted by molar-refractivity contribution is 7.91. The monoisotopic (exact) mass is 423 g/mol. The van der Waals surface area contributed by atoms with E-state index in [1.165, 1.54) is 27.1 Å². The Morgan fingerprint density at radius 1 is 1.41 bits per heavy atom. The fourth-order valence-corrected chi connectivity index (χ4v) is 6.73. The number of fused-ring (bicyclic) bond motifs is 1. The SMILES string of the molecule is CN(C(=O)Cn1cnc2scc(-c3cccs3)c2c1=O)C1CCS(=O)(=O)C1. The van der Waals surface area contributed by atoms with E-state index in [2.05, 4.69) is 4.98 Å². The van der Waals surface area contributed by atoms with Crippen LogP contribution >= 0.6 is 22.7 Å². The average molecular weight is 424 g/mol. The molecule has 1 saturated heterocycles. The Balaban J connectivity index is 1.63. The van der Waals surface area contributed by atoms with Crippen molar-refractivity contribution in [1.29, 1.82) is 0 Å². The number of hydrogen-bond donors (Lipinski definition) is 0. The number of hydrogen-bond acceptors (Lipinski definition) is 7. The largest absolute Gasteiger partial charge is 0.340 e. The summed E-state index contributed by atoms with van der Waals surface area (Å²) in [7, 11) is -1.49. The Kier molecular flexibility index (Phi) is 4.65. The average Bonchev–Trinajstić information content (AvgIpc) is 3.35. The number of aromatic nitrogens is 2. The predicted octanol–water partition coefficient (Wildman–Crippen LogP) is 1.83. The number of sulfone groups is 1. The van der Waals surface area contributed by atoms with Crippen LogP contribution in [0.3, 0.4) is 0 Å². The van der Waals surface area contributed by atoms with Gasteiger partial charge >= 0.3 is 0 Å². The Morgan fingerprint density at radius 3 is 2.89 bits per heavy atom. The van der Waals surface area contributed by atoms with Crippen molar-refractivity contribution >= 4 is 48.6 Å². The van der Waals surface area contributed by atoms with Crippen LogP contribution in [0, 0.1) is 0 Å². The minimum absolute atomic E-state index is 0.0194. The highest BCUT2D eigenvalue weighted by atomic mass is 32.2. The van der Waals surface area contributed by atoms with E-state index in [1.54, 1.807) is 18.4 Å². The molecule has 3 aromatic heterocycles. The number of carbonyl (C=O) groups excluding carboxylic acids is 1. The molecule has 1 aliphatic heterocycles. The molecule has 10 heteroatoms. The van der Waals surface area contributed by atoms with Crippen LogP contribution in [0.15, 0.2) is 34.0 Å². The molecule has 0 N–H and O–H groups in total. The highest BCUT2D eigenvalue weighted by Crippen LogP contribution is 2.33. The van der Waals surface area contributed by atoms with Gasteiger partial charge in [-0.25, -0.2) is 13.4 Å². The van der Waals surface area contributed by atoms with Crippen LogP contribution in [-0.4, -0.2) is 53.4 Å². The standard InChI is InChI=1S/C17H17N3O4S3/c1-19(11-4-6-27(23,24)9-11)14(21)7-20-10-18-16-15(17(20)22)12(8-26-16)13-3-2-5-25-13/h2-3,5,8,10-11H,4,6-7,9H2,1H3. The van der Waals surface area contributed by atoms with Gasteiger partial charge in [0, 0.05) is 28.9 Å². The Hall–Kier alpha value is -2.04. The lowest BCUT2D eigenvalue weighted by Gasteiger charge is -2.23. The van der Waals surface area contributed by atoms with Crippen LogP contribution in [0.2, 0.25) is 0 Å². The van der Waals surface area contributed by atoms with Gasteiger partial charge in [-0.05, 0) is 17.9 Å². The number of likely N-dealkylation sites (N-methyl/N-ethyl adjacent to an activating group) is 1. The topological polar surface area (TPSA) is 89.3 Å². The summed E-state index contributed by atoms with van der Waals surface area (Å²) in [4.78, 5) is 32.9. The first-order valence-electron chi connectivity index (χ1n) is 8.32. The predicted molar refractivity (Wildman–Crippen MR) is 107 cm³/mol. The molecule has 0 aliphatic carbocycles. The number of amides is 1. The molecule has 0 spiro atoms.